The first-order valence-electron chi connectivity index (χ1n) is 6.05. The summed E-state index contributed by atoms with van der Waals surface area (Å²) in [6.07, 6.45) is 0. The Labute approximate surface area is 124 Å². The van der Waals surface area contributed by atoms with E-state index in [1.165, 1.54) is 3.57 Å². The molecule has 2 aromatic carbocycles. The minimum Gasteiger partial charge on any atom is -0.295 e. The molecule has 3 rings (SSSR count). The van der Waals surface area contributed by atoms with Gasteiger partial charge in [-0.15, -0.1) is 0 Å². The lowest BCUT2D eigenvalue weighted by molar-refractivity contribution is 0.736. The fourth-order valence-electron chi connectivity index (χ4n) is 2.29. The molecular formula is C15H13IN2O. The normalized spacial score (nSPS) is 11.1. The first-order valence-corrected chi connectivity index (χ1v) is 7.13. The number of benzene rings is 2. The van der Waals surface area contributed by atoms with E-state index >= 15 is 0 Å². The van der Waals surface area contributed by atoms with Gasteiger partial charge >= 0.3 is 5.69 Å². The predicted octanol–water partition coefficient (Wildman–Crippen LogP) is 2.99. The van der Waals surface area contributed by atoms with Gasteiger partial charge in [0.2, 0.25) is 0 Å². The fraction of sp³-hybridized carbons (Fsp3) is 0.133. The quantitative estimate of drug-likeness (QED) is 0.643. The summed E-state index contributed by atoms with van der Waals surface area (Å²) in [4.78, 5) is 12.3. The van der Waals surface area contributed by atoms with E-state index in [4.69, 9.17) is 0 Å². The monoisotopic (exact) mass is 364 g/mol. The molecule has 0 atom stereocenters. The highest BCUT2D eigenvalue weighted by Gasteiger charge is 2.09. The summed E-state index contributed by atoms with van der Waals surface area (Å²) in [6, 6.07) is 16.1. The van der Waals surface area contributed by atoms with Crippen molar-refractivity contribution in [1.29, 1.82) is 0 Å². The molecule has 1 heterocycles. The predicted molar refractivity (Wildman–Crippen MR) is 85.4 cm³/mol. The molecule has 4 heteroatoms. The molecule has 0 saturated carbocycles. The highest BCUT2D eigenvalue weighted by Crippen LogP contribution is 2.14. The Kier molecular flexibility index (Phi) is 3.18. The molecule has 0 fully saturated rings. The topological polar surface area (TPSA) is 26.9 Å². The number of aromatic nitrogens is 2. The van der Waals surface area contributed by atoms with Crippen LogP contribution in [0, 0.1) is 3.57 Å². The maximum Gasteiger partial charge on any atom is 0.329 e. The third kappa shape index (κ3) is 2.20. The van der Waals surface area contributed by atoms with Gasteiger partial charge in [0.05, 0.1) is 17.6 Å². The van der Waals surface area contributed by atoms with Gasteiger partial charge in [-0.05, 0) is 52.4 Å². The van der Waals surface area contributed by atoms with Crippen LogP contribution in [-0.4, -0.2) is 9.13 Å². The molecule has 3 aromatic rings. The molecule has 0 amide bonds. The molecule has 0 radical (unpaired) electrons. The van der Waals surface area contributed by atoms with Crippen molar-refractivity contribution in [3.63, 3.8) is 0 Å². The Bertz CT molecular complexity index is 784. The Hall–Kier alpha value is -1.56. The second-order valence-electron chi connectivity index (χ2n) is 4.54. The summed E-state index contributed by atoms with van der Waals surface area (Å²) in [5.74, 6) is 0. The minimum absolute atomic E-state index is 0.0275. The summed E-state index contributed by atoms with van der Waals surface area (Å²) in [6.45, 7) is 0.608. The van der Waals surface area contributed by atoms with Crippen molar-refractivity contribution < 1.29 is 0 Å². The lowest BCUT2D eigenvalue weighted by Crippen LogP contribution is -2.22. The van der Waals surface area contributed by atoms with Gasteiger partial charge in [0.25, 0.3) is 0 Å². The van der Waals surface area contributed by atoms with Crippen molar-refractivity contribution in [2.45, 2.75) is 6.54 Å². The van der Waals surface area contributed by atoms with E-state index in [-0.39, 0.29) is 5.69 Å². The minimum atomic E-state index is 0.0275. The Balaban J connectivity index is 2.13. The van der Waals surface area contributed by atoms with E-state index in [2.05, 4.69) is 46.9 Å². The van der Waals surface area contributed by atoms with Gasteiger partial charge in [0.1, 0.15) is 0 Å². The number of aryl methyl sites for hydroxylation is 1. The van der Waals surface area contributed by atoms with Crippen LogP contribution in [0.5, 0.6) is 0 Å². The van der Waals surface area contributed by atoms with Gasteiger partial charge in [0, 0.05) is 10.6 Å². The fourth-order valence-corrected chi connectivity index (χ4v) is 2.65. The van der Waals surface area contributed by atoms with E-state index in [1.54, 1.807) is 4.57 Å². The van der Waals surface area contributed by atoms with Crippen molar-refractivity contribution >= 4 is 33.6 Å². The molecule has 0 N–H and O–H groups in total. The third-order valence-corrected chi connectivity index (χ3v) is 4.02. The molecule has 0 unspecified atom stereocenters. The second-order valence-corrected chi connectivity index (χ2v) is 5.79. The molecule has 0 spiro atoms. The van der Waals surface area contributed by atoms with Gasteiger partial charge in [-0.3, -0.25) is 9.13 Å². The third-order valence-electron chi connectivity index (χ3n) is 3.31. The summed E-state index contributed by atoms with van der Waals surface area (Å²) in [5.41, 5.74) is 3.12. The lowest BCUT2D eigenvalue weighted by atomic mass is 10.2. The molecule has 96 valence electrons. The summed E-state index contributed by atoms with van der Waals surface area (Å²) < 4.78 is 4.71. The molecule has 1 aromatic heterocycles. The molecular weight excluding hydrogens is 351 g/mol. The van der Waals surface area contributed by atoms with Gasteiger partial charge < -0.3 is 0 Å². The first-order chi connectivity index (χ1) is 9.16. The van der Waals surface area contributed by atoms with Crippen LogP contribution >= 0.6 is 22.6 Å². The van der Waals surface area contributed by atoms with Gasteiger partial charge in [-0.1, -0.05) is 24.3 Å². The highest BCUT2D eigenvalue weighted by molar-refractivity contribution is 14.1. The average molecular weight is 364 g/mol. The Morgan fingerprint density at radius 1 is 1.00 bits per heavy atom. The van der Waals surface area contributed by atoms with Crippen LogP contribution in [-0.2, 0) is 13.6 Å². The summed E-state index contributed by atoms with van der Waals surface area (Å²) in [7, 11) is 1.81. The number of hydrogen-bond donors (Lipinski definition) is 0. The van der Waals surface area contributed by atoms with Crippen molar-refractivity contribution in [2.24, 2.45) is 7.05 Å². The van der Waals surface area contributed by atoms with E-state index in [1.807, 2.05) is 35.9 Å². The van der Waals surface area contributed by atoms with Crippen molar-refractivity contribution in [3.8, 4) is 0 Å². The van der Waals surface area contributed by atoms with Crippen molar-refractivity contribution in [3.05, 3.63) is 68.1 Å². The zero-order valence-electron chi connectivity index (χ0n) is 10.5. The molecule has 0 saturated heterocycles. The van der Waals surface area contributed by atoms with Gasteiger partial charge in [-0.25, -0.2) is 4.79 Å². The number of rotatable bonds is 2. The van der Waals surface area contributed by atoms with E-state index in [9.17, 15) is 4.79 Å². The summed E-state index contributed by atoms with van der Waals surface area (Å²) >= 11 is 2.28. The number of fused-ring (bicyclic) bond motifs is 1. The second kappa shape index (κ2) is 4.85. The number of nitrogens with zero attached hydrogens (tertiary/aromatic N) is 2. The number of hydrogen-bond acceptors (Lipinski definition) is 1. The highest BCUT2D eigenvalue weighted by atomic mass is 127. The molecule has 0 aliphatic heterocycles. The van der Waals surface area contributed by atoms with Crippen LogP contribution in [0.25, 0.3) is 11.0 Å². The Morgan fingerprint density at radius 3 is 2.32 bits per heavy atom. The summed E-state index contributed by atoms with van der Waals surface area (Å²) in [5, 5.41) is 0. The van der Waals surface area contributed by atoms with E-state index in [0.29, 0.717) is 6.54 Å². The largest absolute Gasteiger partial charge is 0.329 e. The number of imidazole rings is 1. The average Bonchev–Trinajstić information content (AvgIpc) is 2.67. The Morgan fingerprint density at radius 2 is 1.63 bits per heavy atom. The van der Waals surface area contributed by atoms with E-state index < -0.39 is 0 Å². The maximum absolute atomic E-state index is 12.3. The van der Waals surface area contributed by atoms with Crippen LogP contribution < -0.4 is 5.69 Å². The molecule has 3 nitrogen and oxygen atoms in total. The number of halogens is 1. The zero-order valence-corrected chi connectivity index (χ0v) is 12.7. The molecule has 0 bridgehead atoms. The first kappa shape index (κ1) is 12.5. The van der Waals surface area contributed by atoms with Crippen LogP contribution in [0.1, 0.15) is 5.56 Å². The number of para-hydroxylation sites is 2. The van der Waals surface area contributed by atoms with Crippen LogP contribution in [0.4, 0.5) is 0 Å². The van der Waals surface area contributed by atoms with Gasteiger partial charge in [0.15, 0.2) is 0 Å². The maximum atomic E-state index is 12.3. The standard InChI is InChI=1S/C15H13IN2O/c1-17-13-4-2-3-5-14(13)18(15(17)19)10-11-6-8-12(16)9-7-11/h2-9H,10H2,1H3. The van der Waals surface area contributed by atoms with Crippen LogP contribution in [0.3, 0.4) is 0 Å². The van der Waals surface area contributed by atoms with Crippen LogP contribution in [0.2, 0.25) is 0 Å². The zero-order chi connectivity index (χ0) is 13.4. The van der Waals surface area contributed by atoms with Crippen molar-refractivity contribution in [1.82, 2.24) is 9.13 Å². The van der Waals surface area contributed by atoms with Crippen LogP contribution in [0.15, 0.2) is 53.3 Å². The smallest absolute Gasteiger partial charge is 0.295 e. The lowest BCUT2D eigenvalue weighted by Gasteiger charge is -2.03. The molecule has 0 aliphatic rings. The molecule has 19 heavy (non-hydrogen) atoms. The van der Waals surface area contributed by atoms with E-state index in [0.717, 1.165) is 16.6 Å². The van der Waals surface area contributed by atoms with Gasteiger partial charge in [-0.2, -0.15) is 0 Å². The molecule has 0 aliphatic carbocycles. The SMILES string of the molecule is Cn1c(=O)n(Cc2ccc(I)cc2)c2ccccc21. The van der Waals surface area contributed by atoms with Crippen molar-refractivity contribution in [2.75, 3.05) is 0 Å².